The molecule has 0 saturated heterocycles. The number of amides is 1. The standard InChI is InChI=1S/C27H27ClN4O/c28-21-9-6-18(7-10-21)12-14-30-25-5-1-4-22-23-15-20(8-11-24(23)32-26(22)25)27(33)31-17-19-3-2-13-29-16-19/h2-3,6-11,13,15-16,25,30,32H,1,4-5,12,14,17H2,(H,31,33). The van der Waals surface area contributed by atoms with Gasteiger partial charge in [-0.15, -0.1) is 0 Å². The van der Waals surface area contributed by atoms with Gasteiger partial charge in [-0.3, -0.25) is 9.78 Å². The van der Waals surface area contributed by atoms with Crippen molar-refractivity contribution < 1.29 is 4.79 Å². The Bertz CT molecular complexity index is 1250. The molecule has 33 heavy (non-hydrogen) atoms. The Balaban J connectivity index is 1.28. The van der Waals surface area contributed by atoms with Crippen LogP contribution in [0, 0.1) is 0 Å². The number of benzene rings is 2. The third kappa shape index (κ3) is 4.95. The predicted octanol–water partition coefficient (Wildman–Crippen LogP) is 5.36. The van der Waals surface area contributed by atoms with E-state index in [-0.39, 0.29) is 5.91 Å². The van der Waals surface area contributed by atoms with Crippen LogP contribution in [0.5, 0.6) is 0 Å². The van der Waals surface area contributed by atoms with Crippen molar-refractivity contribution in [3.05, 3.63) is 100.0 Å². The zero-order chi connectivity index (χ0) is 22.6. The molecule has 2 aromatic carbocycles. The summed E-state index contributed by atoms with van der Waals surface area (Å²) >= 11 is 5.99. The summed E-state index contributed by atoms with van der Waals surface area (Å²) in [5.41, 5.74) is 6.64. The van der Waals surface area contributed by atoms with Gasteiger partial charge in [0.15, 0.2) is 0 Å². The summed E-state index contributed by atoms with van der Waals surface area (Å²) < 4.78 is 0. The van der Waals surface area contributed by atoms with Gasteiger partial charge >= 0.3 is 0 Å². The van der Waals surface area contributed by atoms with Crippen molar-refractivity contribution in [2.24, 2.45) is 0 Å². The maximum atomic E-state index is 12.8. The van der Waals surface area contributed by atoms with Crippen molar-refractivity contribution in [2.45, 2.75) is 38.3 Å². The van der Waals surface area contributed by atoms with Crippen LogP contribution in [0.25, 0.3) is 10.9 Å². The molecule has 2 aromatic heterocycles. The Morgan fingerprint density at radius 2 is 2.00 bits per heavy atom. The Morgan fingerprint density at radius 1 is 1.12 bits per heavy atom. The van der Waals surface area contributed by atoms with Crippen LogP contribution in [0.4, 0.5) is 0 Å². The Morgan fingerprint density at radius 3 is 2.82 bits per heavy atom. The van der Waals surface area contributed by atoms with E-state index in [1.165, 1.54) is 16.8 Å². The average molecular weight is 459 g/mol. The number of aromatic amines is 1. The summed E-state index contributed by atoms with van der Waals surface area (Å²) in [4.78, 5) is 20.5. The SMILES string of the molecule is O=C(NCc1cccnc1)c1ccc2[nH]c3c(c2c1)CCCC3NCCc1ccc(Cl)cc1. The highest BCUT2D eigenvalue weighted by Gasteiger charge is 2.24. The molecule has 3 N–H and O–H groups in total. The van der Waals surface area contributed by atoms with Crippen molar-refractivity contribution in [2.75, 3.05) is 6.54 Å². The topological polar surface area (TPSA) is 69.8 Å². The first-order valence-corrected chi connectivity index (χ1v) is 11.8. The van der Waals surface area contributed by atoms with E-state index in [0.717, 1.165) is 53.7 Å². The molecule has 0 saturated carbocycles. The van der Waals surface area contributed by atoms with Crippen LogP contribution in [0.3, 0.4) is 0 Å². The first kappa shape index (κ1) is 21.7. The van der Waals surface area contributed by atoms with Gasteiger partial charge in [0.05, 0.1) is 0 Å². The van der Waals surface area contributed by atoms with E-state index in [0.29, 0.717) is 18.2 Å². The molecule has 6 heteroatoms. The van der Waals surface area contributed by atoms with Crippen molar-refractivity contribution in [3.8, 4) is 0 Å². The maximum Gasteiger partial charge on any atom is 0.251 e. The molecule has 1 unspecified atom stereocenters. The average Bonchev–Trinajstić information content (AvgIpc) is 3.23. The highest BCUT2D eigenvalue weighted by Crippen LogP contribution is 2.35. The highest BCUT2D eigenvalue weighted by atomic mass is 35.5. The number of hydrogen-bond acceptors (Lipinski definition) is 3. The van der Waals surface area contributed by atoms with E-state index in [4.69, 9.17) is 11.6 Å². The van der Waals surface area contributed by atoms with Crippen molar-refractivity contribution in [3.63, 3.8) is 0 Å². The smallest absolute Gasteiger partial charge is 0.251 e. The lowest BCUT2D eigenvalue weighted by Crippen LogP contribution is -2.27. The summed E-state index contributed by atoms with van der Waals surface area (Å²) in [6.45, 7) is 1.37. The zero-order valence-corrected chi connectivity index (χ0v) is 19.2. The lowest BCUT2D eigenvalue weighted by Gasteiger charge is -2.24. The number of aryl methyl sites for hydroxylation is 1. The van der Waals surface area contributed by atoms with Crippen LogP contribution < -0.4 is 10.6 Å². The molecule has 1 aliphatic carbocycles. The van der Waals surface area contributed by atoms with Crippen LogP contribution in [0.15, 0.2) is 67.0 Å². The lowest BCUT2D eigenvalue weighted by molar-refractivity contribution is 0.0951. The van der Waals surface area contributed by atoms with E-state index in [1.807, 2.05) is 42.5 Å². The number of H-pyrrole nitrogens is 1. The molecule has 0 aliphatic heterocycles. The predicted molar refractivity (Wildman–Crippen MR) is 133 cm³/mol. The summed E-state index contributed by atoms with van der Waals surface area (Å²) in [6, 6.07) is 18.1. The Kier molecular flexibility index (Phi) is 6.42. The molecule has 0 spiro atoms. The molecule has 5 rings (SSSR count). The molecule has 0 radical (unpaired) electrons. The lowest BCUT2D eigenvalue weighted by atomic mass is 9.91. The summed E-state index contributed by atoms with van der Waals surface area (Å²) in [7, 11) is 0. The van der Waals surface area contributed by atoms with E-state index in [2.05, 4.69) is 32.7 Å². The van der Waals surface area contributed by atoms with Gasteiger partial charge < -0.3 is 15.6 Å². The minimum atomic E-state index is -0.0656. The van der Waals surface area contributed by atoms with Crippen LogP contribution in [0.1, 0.15) is 51.6 Å². The third-order valence-corrected chi connectivity index (χ3v) is 6.61. The minimum Gasteiger partial charge on any atom is -0.357 e. The van der Waals surface area contributed by atoms with Gasteiger partial charge in [0.2, 0.25) is 0 Å². The van der Waals surface area contributed by atoms with Gasteiger partial charge in [-0.05, 0) is 85.3 Å². The van der Waals surface area contributed by atoms with Crippen molar-refractivity contribution in [1.82, 2.24) is 20.6 Å². The van der Waals surface area contributed by atoms with E-state index >= 15 is 0 Å². The van der Waals surface area contributed by atoms with Crippen LogP contribution in [-0.4, -0.2) is 22.4 Å². The molecule has 5 nitrogen and oxygen atoms in total. The number of hydrogen-bond donors (Lipinski definition) is 3. The fraction of sp³-hybridized carbons (Fsp3) is 0.259. The Labute approximate surface area is 198 Å². The van der Waals surface area contributed by atoms with Gasteiger partial charge in [-0.25, -0.2) is 0 Å². The second-order valence-corrected chi connectivity index (χ2v) is 9.03. The summed E-state index contributed by atoms with van der Waals surface area (Å²) in [5.74, 6) is -0.0656. The maximum absolute atomic E-state index is 12.8. The summed E-state index contributed by atoms with van der Waals surface area (Å²) in [5, 5.41) is 8.65. The fourth-order valence-corrected chi connectivity index (χ4v) is 4.76. The van der Waals surface area contributed by atoms with Crippen LogP contribution in [0.2, 0.25) is 5.02 Å². The molecule has 1 aliphatic rings. The number of rotatable bonds is 7. The van der Waals surface area contributed by atoms with Crippen molar-refractivity contribution in [1.29, 1.82) is 0 Å². The van der Waals surface area contributed by atoms with Crippen molar-refractivity contribution >= 4 is 28.4 Å². The number of aromatic nitrogens is 2. The fourth-order valence-electron chi connectivity index (χ4n) is 4.64. The minimum absolute atomic E-state index is 0.0656. The van der Waals surface area contributed by atoms with Crippen LogP contribution in [-0.2, 0) is 19.4 Å². The third-order valence-electron chi connectivity index (χ3n) is 6.36. The largest absolute Gasteiger partial charge is 0.357 e. The number of carbonyl (C=O) groups is 1. The summed E-state index contributed by atoms with van der Waals surface area (Å²) in [6.07, 6.45) is 7.74. The second kappa shape index (κ2) is 9.77. The first-order chi connectivity index (χ1) is 16.2. The van der Waals surface area contributed by atoms with E-state index in [1.54, 1.807) is 12.4 Å². The quantitative estimate of drug-likeness (QED) is 0.349. The molecule has 1 atom stereocenters. The first-order valence-electron chi connectivity index (χ1n) is 11.5. The monoisotopic (exact) mass is 458 g/mol. The van der Waals surface area contributed by atoms with Gasteiger partial charge in [0, 0.05) is 52.2 Å². The Hall–Kier alpha value is -3.15. The van der Waals surface area contributed by atoms with Gasteiger partial charge in [0.25, 0.3) is 5.91 Å². The molecule has 2 heterocycles. The van der Waals surface area contributed by atoms with E-state index in [9.17, 15) is 4.79 Å². The highest BCUT2D eigenvalue weighted by molar-refractivity contribution is 6.30. The zero-order valence-electron chi connectivity index (χ0n) is 18.4. The van der Waals surface area contributed by atoms with Gasteiger partial charge in [-0.2, -0.15) is 0 Å². The number of pyridine rings is 1. The number of carbonyl (C=O) groups excluding carboxylic acids is 1. The molecule has 4 aromatic rings. The number of halogens is 1. The van der Waals surface area contributed by atoms with Gasteiger partial charge in [-0.1, -0.05) is 29.8 Å². The number of nitrogens with zero attached hydrogens (tertiary/aromatic N) is 1. The number of nitrogens with one attached hydrogen (secondary N) is 3. The molecular weight excluding hydrogens is 432 g/mol. The molecule has 0 bridgehead atoms. The van der Waals surface area contributed by atoms with Gasteiger partial charge in [0.1, 0.15) is 0 Å². The van der Waals surface area contributed by atoms with Crippen LogP contribution >= 0.6 is 11.6 Å². The molecule has 0 fully saturated rings. The number of fused-ring (bicyclic) bond motifs is 3. The van der Waals surface area contributed by atoms with E-state index < -0.39 is 0 Å². The molecular formula is C27H27ClN4O. The normalized spacial score (nSPS) is 15.4. The molecule has 1 amide bonds. The molecule has 168 valence electrons. The second-order valence-electron chi connectivity index (χ2n) is 8.60.